The van der Waals surface area contributed by atoms with E-state index in [1.807, 2.05) is 18.4 Å². The highest BCUT2D eigenvalue weighted by atomic mass is 32.2. The van der Waals surface area contributed by atoms with E-state index in [4.69, 9.17) is 9.47 Å². The molecule has 5 heteroatoms. The highest BCUT2D eigenvalue weighted by Gasteiger charge is 2.53. The summed E-state index contributed by atoms with van der Waals surface area (Å²) >= 11 is 1.53. The molecule has 1 aliphatic heterocycles. The summed E-state index contributed by atoms with van der Waals surface area (Å²) in [5.41, 5.74) is 0.167. The summed E-state index contributed by atoms with van der Waals surface area (Å²) in [4.78, 5) is 12.3. The van der Waals surface area contributed by atoms with Gasteiger partial charge in [0.1, 0.15) is 13.2 Å². The first-order chi connectivity index (χ1) is 8.69. The zero-order chi connectivity index (χ0) is 12.8. The van der Waals surface area contributed by atoms with Crippen LogP contribution in [0.15, 0.2) is 17.0 Å². The molecule has 3 rings (SSSR count). The van der Waals surface area contributed by atoms with Gasteiger partial charge in [0.25, 0.3) is 0 Å². The van der Waals surface area contributed by atoms with Crippen molar-refractivity contribution in [1.29, 1.82) is 0 Å². The van der Waals surface area contributed by atoms with Gasteiger partial charge in [-0.15, -0.1) is 11.8 Å². The van der Waals surface area contributed by atoms with E-state index in [1.165, 1.54) is 11.8 Å². The standard InChI is InChI=1S/C13H14O4S/c1-18-11-8(13(4-5-13)12(14)15)2-3-9-10(11)17-7-6-16-9/h2-3H,4-7H2,1H3,(H,14,15). The molecule has 1 aliphatic carbocycles. The molecule has 4 nitrogen and oxygen atoms in total. The second-order valence-corrected chi connectivity index (χ2v) is 5.37. The van der Waals surface area contributed by atoms with Crippen LogP contribution < -0.4 is 9.47 Å². The Bertz CT molecular complexity index is 508. The van der Waals surface area contributed by atoms with E-state index in [2.05, 4.69) is 0 Å². The largest absolute Gasteiger partial charge is 0.486 e. The number of hydrogen-bond acceptors (Lipinski definition) is 4. The van der Waals surface area contributed by atoms with Crippen LogP contribution in [0.1, 0.15) is 18.4 Å². The van der Waals surface area contributed by atoms with Gasteiger partial charge in [0.15, 0.2) is 11.5 Å². The normalized spacial score (nSPS) is 19.4. The number of rotatable bonds is 3. The number of ether oxygens (including phenoxy) is 2. The van der Waals surface area contributed by atoms with Crippen molar-refractivity contribution in [2.24, 2.45) is 0 Å². The summed E-state index contributed by atoms with van der Waals surface area (Å²) in [5, 5.41) is 9.40. The summed E-state index contributed by atoms with van der Waals surface area (Å²) < 4.78 is 11.2. The molecule has 1 aromatic carbocycles. The number of carboxylic acid groups (broad SMARTS) is 1. The smallest absolute Gasteiger partial charge is 0.314 e. The molecule has 1 saturated carbocycles. The molecule has 1 aromatic rings. The average Bonchev–Trinajstić information content (AvgIpc) is 3.18. The zero-order valence-electron chi connectivity index (χ0n) is 10.1. The van der Waals surface area contributed by atoms with E-state index in [0.29, 0.717) is 31.8 Å². The third kappa shape index (κ3) is 1.57. The molecule has 2 aliphatic rings. The third-order valence-electron chi connectivity index (χ3n) is 3.54. The van der Waals surface area contributed by atoms with Crippen LogP contribution in [0.2, 0.25) is 0 Å². The van der Waals surface area contributed by atoms with Crippen LogP contribution in [0.3, 0.4) is 0 Å². The van der Waals surface area contributed by atoms with E-state index in [-0.39, 0.29) is 0 Å². The van der Waals surface area contributed by atoms with Gasteiger partial charge in [0.2, 0.25) is 0 Å². The molecule has 96 valence electrons. The number of fused-ring (bicyclic) bond motifs is 1. The van der Waals surface area contributed by atoms with E-state index in [9.17, 15) is 9.90 Å². The number of carboxylic acids is 1. The minimum absolute atomic E-state index is 0.518. The Morgan fingerprint density at radius 3 is 2.67 bits per heavy atom. The van der Waals surface area contributed by atoms with Gasteiger partial charge in [-0.3, -0.25) is 4.79 Å². The van der Waals surface area contributed by atoms with Crippen LogP contribution in [-0.4, -0.2) is 30.5 Å². The fraction of sp³-hybridized carbons (Fsp3) is 0.462. The second-order valence-electron chi connectivity index (χ2n) is 4.56. The second kappa shape index (κ2) is 4.09. The lowest BCUT2D eigenvalue weighted by molar-refractivity contribution is -0.140. The van der Waals surface area contributed by atoms with E-state index >= 15 is 0 Å². The first kappa shape index (κ1) is 11.7. The first-order valence-corrected chi connectivity index (χ1v) is 7.12. The SMILES string of the molecule is CSc1c(C2(C(=O)O)CC2)ccc2c1OCCO2. The summed E-state index contributed by atoms with van der Waals surface area (Å²) in [7, 11) is 0. The van der Waals surface area contributed by atoms with Gasteiger partial charge in [-0.05, 0) is 30.7 Å². The molecule has 0 radical (unpaired) electrons. The van der Waals surface area contributed by atoms with Crippen molar-refractivity contribution in [3.63, 3.8) is 0 Å². The Morgan fingerprint density at radius 2 is 2.06 bits per heavy atom. The molecule has 0 unspecified atom stereocenters. The molecule has 0 bridgehead atoms. The maximum absolute atomic E-state index is 11.4. The third-order valence-corrected chi connectivity index (χ3v) is 4.36. The fourth-order valence-corrected chi connectivity index (χ4v) is 3.22. The Morgan fingerprint density at radius 1 is 1.33 bits per heavy atom. The van der Waals surface area contributed by atoms with Gasteiger partial charge >= 0.3 is 5.97 Å². The highest BCUT2D eigenvalue weighted by Crippen LogP contribution is 2.54. The van der Waals surface area contributed by atoms with Crippen LogP contribution in [0.4, 0.5) is 0 Å². The van der Waals surface area contributed by atoms with E-state index < -0.39 is 11.4 Å². The van der Waals surface area contributed by atoms with Crippen LogP contribution in [-0.2, 0) is 10.2 Å². The molecule has 0 aromatic heterocycles. The summed E-state index contributed by atoms with van der Waals surface area (Å²) in [6, 6.07) is 3.70. The Hall–Kier alpha value is -1.36. The Labute approximate surface area is 109 Å². The topological polar surface area (TPSA) is 55.8 Å². The van der Waals surface area contributed by atoms with Crippen molar-refractivity contribution < 1.29 is 19.4 Å². The summed E-state index contributed by atoms with van der Waals surface area (Å²) in [6.45, 7) is 1.06. The van der Waals surface area contributed by atoms with Gasteiger partial charge in [-0.2, -0.15) is 0 Å². The molecule has 18 heavy (non-hydrogen) atoms. The van der Waals surface area contributed by atoms with Crippen molar-refractivity contribution in [3.8, 4) is 11.5 Å². The van der Waals surface area contributed by atoms with Crippen LogP contribution in [0, 0.1) is 0 Å². The molecule has 1 fully saturated rings. The molecule has 0 amide bonds. The van der Waals surface area contributed by atoms with Crippen LogP contribution >= 0.6 is 11.8 Å². The van der Waals surface area contributed by atoms with Crippen molar-refractivity contribution in [2.45, 2.75) is 23.2 Å². The number of benzene rings is 1. The molecule has 0 spiro atoms. The molecule has 0 atom stereocenters. The molecule has 0 saturated heterocycles. The first-order valence-electron chi connectivity index (χ1n) is 5.89. The van der Waals surface area contributed by atoms with Gasteiger partial charge in [0, 0.05) is 0 Å². The van der Waals surface area contributed by atoms with E-state index in [1.54, 1.807) is 0 Å². The van der Waals surface area contributed by atoms with Gasteiger partial charge in [0.05, 0.1) is 10.3 Å². The average molecular weight is 266 g/mol. The monoisotopic (exact) mass is 266 g/mol. The quantitative estimate of drug-likeness (QED) is 0.851. The molecular weight excluding hydrogens is 252 g/mol. The zero-order valence-corrected chi connectivity index (χ0v) is 10.9. The maximum atomic E-state index is 11.4. The van der Waals surface area contributed by atoms with Gasteiger partial charge < -0.3 is 14.6 Å². The van der Waals surface area contributed by atoms with E-state index in [0.717, 1.165) is 16.2 Å². The van der Waals surface area contributed by atoms with Crippen molar-refractivity contribution in [3.05, 3.63) is 17.7 Å². The van der Waals surface area contributed by atoms with Crippen molar-refractivity contribution in [1.82, 2.24) is 0 Å². The number of thioether (sulfide) groups is 1. The molecule has 1 N–H and O–H groups in total. The number of hydrogen-bond donors (Lipinski definition) is 1. The predicted octanol–water partition coefficient (Wildman–Crippen LogP) is 2.30. The lowest BCUT2D eigenvalue weighted by Crippen LogP contribution is -2.22. The Kier molecular flexibility index (Phi) is 2.66. The minimum atomic E-state index is -0.741. The van der Waals surface area contributed by atoms with Crippen LogP contribution in [0.5, 0.6) is 11.5 Å². The summed E-state index contributed by atoms with van der Waals surface area (Å²) in [5.74, 6) is 0.684. The summed E-state index contributed by atoms with van der Waals surface area (Å²) in [6.07, 6.45) is 3.35. The van der Waals surface area contributed by atoms with Gasteiger partial charge in [-0.1, -0.05) is 6.07 Å². The highest BCUT2D eigenvalue weighted by molar-refractivity contribution is 7.98. The minimum Gasteiger partial charge on any atom is -0.486 e. The molecular formula is C13H14O4S. The molecule has 1 heterocycles. The van der Waals surface area contributed by atoms with Crippen molar-refractivity contribution >= 4 is 17.7 Å². The predicted molar refractivity (Wildman–Crippen MR) is 67.8 cm³/mol. The number of carbonyl (C=O) groups is 1. The fourth-order valence-electron chi connectivity index (χ4n) is 2.39. The van der Waals surface area contributed by atoms with Gasteiger partial charge in [-0.25, -0.2) is 0 Å². The maximum Gasteiger partial charge on any atom is 0.314 e. The Balaban J connectivity index is 2.13. The van der Waals surface area contributed by atoms with Crippen LogP contribution in [0.25, 0.3) is 0 Å². The van der Waals surface area contributed by atoms with Crippen molar-refractivity contribution in [2.75, 3.05) is 19.5 Å². The lowest BCUT2D eigenvalue weighted by Gasteiger charge is -2.24. The number of aliphatic carboxylic acids is 1. The lowest BCUT2D eigenvalue weighted by atomic mass is 9.95.